The first-order chi connectivity index (χ1) is 8.92. The zero-order chi connectivity index (χ0) is 14.6. The van der Waals surface area contributed by atoms with Crippen molar-refractivity contribution in [3.63, 3.8) is 0 Å². The van der Waals surface area contributed by atoms with Crippen molar-refractivity contribution < 1.29 is 14.5 Å². The lowest BCUT2D eigenvalue weighted by atomic mass is 10.2. The summed E-state index contributed by atoms with van der Waals surface area (Å²) in [5, 5.41) is 10.8. The van der Waals surface area contributed by atoms with E-state index < -0.39 is 22.5 Å². The Balaban J connectivity index is 3.34. The Bertz CT molecular complexity index is 550. The van der Waals surface area contributed by atoms with Crippen LogP contribution >= 0.6 is 0 Å². The van der Waals surface area contributed by atoms with Gasteiger partial charge < -0.3 is 4.74 Å². The van der Waals surface area contributed by atoms with Crippen LogP contribution in [0.1, 0.15) is 31.9 Å². The molecule has 1 unspecified atom stereocenters. The number of carbonyl (C=O) groups is 1. The van der Waals surface area contributed by atoms with Gasteiger partial charge in [-0.3, -0.25) is 19.5 Å². The number of esters is 1. The lowest BCUT2D eigenvalue weighted by Crippen LogP contribution is -2.31. The van der Waals surface area contributed by atoms with Crippen molar-refractivity contribution >= 4 is 11.7 Å². The van der Waals surface area contributed by atoms with Crippen molar-refractivity contribution in [3.8, 4) is 0 Å². The van der Waals surface area contributed by atoms with Gasteiger partial charge in [0.25, 0.3) is 11.2 Å². The molecule has 1 atom stereocenters. The molecule has 0 saturated carbocycles. The molecule has 7 nitrogen and oxygen atoms in total. The van der Waals surface area contributed by atoms with E-state index in [1.54, 1.807) is 13.8 Å². The van der Waals surface area contributed by atoms with Crippen molar-refractivity contribution in [3.05, 3.63) is 38.3 Å². The minimum atomic E-state index is -0.842. The molecule has 1 aromatic heterocycles. The van der Waals surface area contributed by atoms with E-state index in [-0.39, 0.29) is 17.9 Å². The highest BCUT2D eigenvalue weighted by Crippen LogP contribution is 2.16. The van der Waals surface area contributed by atoms with E-state index in [1.165, 1.54) is 13.0 Å². The summed E-state index contributed by atoms with van der Waals surface area (Å²) in [6.45, 7) is 5.04. The minimum Gasteiger partial charge on any atom is -0.464 e. The van der Waals surface area contributed by atoms with Gasteiger partial charge in [-0.1, -0.05) is 6.92 Å². The third-order valence-electron chi connectivity index (χ3n) is 2.70. The first-order valence-electron chi connectivity index (χ1n) is 5.96. The molecule has 0 aliphatic heterocycles. The number of pyridine rings is 1. The van der Waals surface area contributed by atoms with Crippen molar-refractivity contribution in [2.45, 2.75) is 33.2 Å². The van der Waals surface area contributed by atoms with Gasteiger partial charge in [-0.15, -0.1) is 0 Å². The summed E-state index contributed by atoms with van der Waals surface area (Å²) in [5.41, 5.74) is -0.428. The Morgan fingerprint density at radius 1 is 1.53 bits per heavy atom. The number of rotatable bonds is 5. The highest BCUT2D eigenvalue weighted by Gasteiger charge is 2.23. The molecule has 0 N–H and O–H groups in total. The summed E-state index contributed by atoms with van der Waals surface area (Å²) in [6, 6.07) is 0.350. The molecule has 0 aliphatic rings. The number of aromatic nitrogens is 1. The fourth-order valence-corrected chi connectivity index (χ4v) is 1.77. The van der Waals surface area contributed by atoms with Crippen LogP contribution in [0.4, 0.5) is 5.69 Å². The van der Waals surface area contributed by atoms with Gasteiger partial charge in [-0.05, 0) is 20.3 Å². The van der Waals surface area contributed by atoms with Gasteiger partial charge in [0, 0.05) is 11.6 Å². The van der Waals surface area contributed by atoms with Crippen molar-refractivity contribution in [1.82, 2.24) is 4.57 Å². The number of carbonyl (C=O) groups excluding carboxylic acids is 1. The Labute approximate surface area is 110 Å². The van der Waals surface area contributed by atoms with E-state index in [1.807, 2.05) is 0 Å². The molecule has 1 heterocycles. The number of nitrogens with zero attached hydrogens (tertiary/aromatic N) is 2. The first-order valence-corrected chi connectivity index (χ1v) is 5.96. The summed E-state index contributed by atoms with van der Waals surface area (Å²) in [5.74, 6) is -0.563. The van der Waals surface area contributed by atoms with E-state index in [9.17, 15) is 19.7 Å². The number of nitro groups is 1. The Kier molecular flexibility index (Phi) is 4.80. The molecule has 0 bridgehead atoms. The van der Waals surface area contributed by atoms with Crippen LogP contribution < -0.4 is 5.56 Å². The number of hydrogen-bond acceptors (Lipinski definition) is 5. The topological polar surface area (TPSA) is 91.4 Å². The third-order valence-corrected chi connectivity index (χ3v) is 2.70. The molecule has 7 heteroatoms. The molecule has 0 aromatic carbocycles. The zero-order valence-corrected chi connectivity index (χ0v) is 11.1. The molecule has 0 fully saturated rings. The van der Waals surface area contributed by atoms with Crippen molar-refractivity contribution in [1.29, 1.82) is 0 Å². The van der Waals surface area contributed by atoms with Crippen LogP contribution in [0.3, 0.4) is 0 Å². The molecular weight excluding hydrogens is 252 g/mol. The molecule has 0 amide bonds. The molecule has 1 rings (SSSR count). The summed E-state index contributed by atoms with van der Waals surface area (Å²) in [7, 11) is 0. The van der Waals surface area contributed by atoms with Crippen LogP contribution in [-0.4, -0.2) is 22.1 Å². The van der Waals surface area contributed by atoms with Gasteiger partial charge in [-0.2, -0.15) is 0 Å². The fourth-order valence-electron chi connectivity index (χ4n) is 1.77. The molecule has 0 spiro atoms. The highest BCUT2D eigenvalue weighted by atomic mass is 16.6. The Hall–Kier alpha value is -2.18. The van der Waals surface area contributed by atoms with E-state index in [0.717, 1.165) is 10.8 Å². The largest absolute Gasteiger partial charge is 0.464 e. The van der Waals surface area contributed by atoms with Crippen LogP contribution in [0.2, 0.25) is 0 Å². The Morgan fingerprint density at radius 2 is 2.16 bits per heavy atom. The average Bonchev–Trinajstić information content (AvgIpc) is 2.35. The maximum absolute atomic E-state index is 12.0. The predicted octanol–water partition coefficient (Wildman–Crippen LogP) is 1.58. The van der Waals surface area contributed by atoms with Gasteiger partial charge in [-0.25, -0.2) is 4.79 Å². The number of aryl methyl sites for hydroxylation is 1. The van der Waals surface area contributed by atoms with E-state index in [4.69, 9.17) is 4.74 Å². The fraction of sp³-hybridized carbons (Fsp3) is 0.500. The van der Waals surface area contributed by atoms with Crippen LogP contribution in [0.25, 0.3) is 0 Å². The normalized spacial score (nSPS) is 11.9. The van der Waals surface area contributed by atoms with Crippen molar-refractivity contribution in [2.75, 3.05) is 6.61 Å². The quantitative estimate of drug-likeness (QED) is 0.459. The zero-order valence-electron chi connectivity index (χ0n) is 11.1. The Morgan fingerprint density at radius 3 is 2.63 bits per heavy atom. The average molecular weight is 268 g/mol. The summed E-state index contributed by atoms with van der Waals surface area (Å²) >= 11 is 0. The van der Waals surface area contributed by atoms with E-state index >= 15 is 0 Å². The third kappa shape index (κ3) is 3.18. The van der Waals surface area contributed by atoms with Crippen LogP contribution in [0, 0.1) is 17.0 Å². The van der Waals surface area contributed by atoms with E-state index in [2.05, 4.69) is 0 Å². The number of ether oxygens (including phenoxy) is 1. The summed E-state index contributed by atoms with van der Waals surface area (Å²) in [4.78, 5) is 34.0. The monoisotopic (exact) mass is 268 g/mol. The molecule has 104 valence electrons. The van der Waals surface area contributed by atoms with Crippen LogP contribution in [-0.2, 0) is 9.53 Å². The molecule has 0 aliphatic carbocycles. The lowest BCUT2D eigenvalue weighted by Gasteiger charge is -2.16. The van der Waals surface area contributed by atoms with Crippen molar-refractivity contribution in [2.24, 2.45) is 0 Å². The second-order valence-corrected chi connectivity index (χ2v) is 4.03. The molecule has 0 saturated heterocycles. The van der Waals surface area contributed by atoms with Crippen LogP contribution in [0.15, 0.2) is 17.1 Å². The SMILES string of the molecule is CCOC(=O)C(CC)n1cc([N+](=O)[O-])cc(C)c1=O. The summed E-state index contributed by atoms with van der Waals surface area (Å²) < 4.78 is 5.95. The van der Waals surface area contributed by atoms with Crippen LogP contribution in [0.5, 0.6) is 0 Å². The second-order valence-electron chi connectivity index (χ2n) is 4.03. The summed E-state index contributed by atoms with van der Waals surface area (Å²) in [6.07, 6.45) is 1.40. The molecule has 19 heavy (non-hydrogen) atoms. The molecule has 1 aromatic rings. The van der Waals surface area contributed by atoms with E-state index in [0.29, 0.717) is 6.42 Å². The maximum Gasteiger partial charge on any atom is 0.329 e. The second kappa shape index (κ2) is 6.12. The lowest BCUT2D eigenvalue weighted by molar-refractivity contribution is -0.385. The number of hydrogen-bond donors (Lipinski definition) is 0. The van der Waals surface area contributed by atoms with Gasteiger partial charge in [0.2, 0.25) is 0 Å². The minimum absolute atomic E-state index is 0.192. The van der Waals surface area contributed by atoms with Gasteiger partial charge >= 0.3 is 5.97 Å². The predicted molar refractivity (Wildman–Crippen MR) is 68.1 cm³/mol. The first kappa shape index (κ1) is 14.9. The smallest absolute Gasteiger partial charge is 0.329 e. The van der Waals surface area contributed by atoms with Gasteiger partial charge in [0.05, 0.1) is 17.7 Å². The molecular formula is C12H16N2O5. The van der Waals surface area contributed by atoms with Gasteiger partial charge in [0.1, 0.15) is 6.04 Å². The molecule has 0 radical (unpaired) electrons. The maximum atomic E-state index is 12.0. The van der Waals surface area contributed by atoms with Gasteiger partial charge in [0.15, 0.2) is 0 Å². The highest BCUT2D eigenvalue weighted by molar-refractivity contribution is 5.74. The standard InChI is InChI=1S/C12H16N2O5/c1-4-10(12(16)19-5-2)13-7-9(14(17)18)6-8(3)11(13)15/h6-7,10H,4-5H2,1-3H3.